The second-order valence-corrected chi connectivity index (χ2v) is 29.9. The number of guanidine groups is 4. The quantitative estimate of drug-likeness (QED) is 0.00998. The number of nitrogens with one attached hydrogen (secondary N) is 6. The van der Waals surface area contributed by atoms with E-state index in [2.05, 4.69) is 92.4 Å². The van der Waals surface area contributed by atoms with Gasteiger partial charge < -0.3 is 167 Å². The number of aromatic nitrogens is 8. The Kier molecular flexibility index (Phi) is 46.8. The standard InChI is InChI=1S/C21H31N9O5.C18H31N9O4.C18H30N8O5.C17H30N10O6/c22-13(8-9-16(23)31)17-29-18(35-30-17)14(7-4-10-26-20(24)25)27-21(34)28-15(19(32)33)11-12-5-2-1-3-6-12;1-10(28)13-5-3-9-27(13)18(30)24-12(4-2-8-23-17(21)22)16-25-15(26-31-16)11(19)6-7-14(20)29;1-10(27)13-5-3-9-26(13)18(30)23-12(4-2-8-22-17(20)21)16-24-15(25-31-16)11(19)6-7-14(28)29;18-8(3-5-11(19)28)13-26-14(33-27-13)9(2-1-7-23-16(21)22)24-17(32)25-10(15(30)31)4-6-12(20)29/h1-3,5-6,13-15H,4,7-11,22H2,(H2,23,31)(H,32,33)(H4,24,25,26)(H2,27,28,34);11-13H,2-9,19H2,1H3,(H2,20,29)(H,24,30)(H4,21,22,23);11-13H,2-9,19H2,1H3,(H,23,30)(H,28,29)(H4,20,21,22);8-10H,1-7,18H2,(H2,19,28)(H2,20,29)(H,30,31)(H4,21,22,23)(H2,24,25,32)/t13-,14-,15-;2*11-,12-,13?;8-,9-,10-/m0000/s1. The first kappa shape index (κ1) is 108. The topological polar surface area (TPSA) is 983 Å². The Bertz CT molecular complexity index is 4470. The molecule has 2 unspecified atom stereocenters. The number of likely N-dealkylation sites (tertiary alicyclic amines) is 2. The highest BCUT2D eigenvalue weighted by Gasteiger charge is 2.37. The zero-order valence-corrected chi connectivity index (χ0v) is 72.1. The molecule has 56 nitrogen and oxygen atoms in total. The van der Waals surface area contributed by atoms with Crippen LogP contribution in [-0.2, 0) is 49.6 Å². The molecule has 1 aromatic carbocycles. The molecule has 7 rings (SSSR count). The third-order valence-corrected chi connectivity index (χ3v) is 19.2. The Hall–Kier alpha value is -14.6. The van der Waals surface area contributed by atoms with Crippen molar-refractivity contribution in [3.63, 3.8) is 0 Å². The number of rotatable bonds is 51. The lowest BCUT2D eigenvalue weighted by Gasteiger charge is -2.25. The van der Waals surface area contributed by atoms with E-state index in [1.165, 1.54) is 23.6 Å². The van der Waals surface area contributed by atoms with Gasteiger partial charge in [-0.25, -0.2) is 28.8 Å². The van der Waals surface area contributed by atoms with Crippen molar-refractivity contribution in [3.8, 4) is 0 Å². The summed E-state index contributed by atoms with van der Waals surface area (Å²) in [7, 11) is 0. The molecule has 12 atom stereocenters. The van der Waals surface area contributed by atoms with Crippen LogP contribution in [0.2, 0.25) is 0 Å². The minimum Gasteiger partial charge on any atom is -0.481 e. The fraction of sp³-hybridized carbons (Fsp3) is 0.581. The van der Waals surface area contributed by atoms with Crippen molar-refractivity contribution in [1.29, 1.82) is 0 Å². The van der Waals surface area contributed by atoms with Crippen LogP contribution in [0.4, 0.5) is 19.2 Å². The number of carboxylic acids is 3. The van der Waals surface area contributed by atoms with Gasteiger partial charge in [0.2, 0.25) is 47.2 Å². The lowest BCUT2D eigenvalue weighted by Crippen LogP contribution is -2.48. The number of aliphatic carboxylic acids is 3. The highest BCUT2D eigenvalue weighted by atomic mass is 16.5. The van der Waals surface area contributed by atoms with Crippen molar-refractivity contribution in [2.45, 2.75) is 234 Å². The monoisotopic (exact) mass is 1830 g/mol. The molecule has 4 aromatic heterocycles. The van der Waals surface area contributed by atoms with E-state index in [1.807, 2.05) is 6.07 Å². The van der Waals surface area contributed by atoms with Crippen LogP contribution in [0.5, 0.6) is 0 Å². The van der Waals surface area contributed by atoms with Crippen molar-refractivity contribution < 1.29 is 95.7 Å². The Balaban J connectivity index is 0.000000363. The minimum atomic E-state index is -1.35. The number of primary amides is 4. The Labute approximate surface area is 744 Å². The maximum atomic E-state index is 12.8. The van der Waals surface area contributed by atoms with E-state index < -0.39 is 132 Å². The molecule has 41 N–H and O–H groups in total. The summed E-state index contributed by atoms with van der Waals surface area (Å²) in [6.45, 7) is 5.13. The molecular weight excluding hydrogens is 1710 g/mol. The predicted octanol–water partition coefficient (Wildman–Crippen LogP) is -4.14. The summed E-state index contributed by atoms with van der Waals surface area (Å²) in [5.74, 6) is -5.10. The van der Waals surface area contributed by atoms with Gasteiger partial charge in [-0.3, -0.25) is 53.5 Å². The third kappa shape index (κ3) is 41.2. The molecule has 2 aliphatic rings. The summed E-state index contributed by atoms with van der Waals surface area (Å²) in [5.41, 5.74) is 87.6. The molecule has 2 fully saturated rings. The van der Waals surface area contributed by atoms with Crippen LogP contribution in [-0.4, -0.2) is 230 Å². The SMILES string of the molecule is CC(=O)C1CCCN1C(=O)N[C@@H](CCCN=C(N)N)c1nc([C@@H](N)CCC(=O)O)no1.CC(=O)C1CCCN1C(=O)N[C@@H](CCCN=C(N)N)c1nc([C@@H](N)CCC(N)=O)no1.NC(=O)CC[C@H](N)c1noc([C@H](CCCN=C(N)N)NC(=O)N[C@@H](Cc2ccccc2)C(=O)O)n1.NC(=O)CC[C@H](NC(=O)N[C@@H](CCCN=C(N)N)c1nc([C@@H](N)CCC(N)=O)no1)C(=O)O. The predicted molar refractivity (Wildman–Crippen MR) is 460 cm³/mol. The van der Waals surface area contributed by atoms with Crippen LogP contribution >= 0.6 is 0 Å². The summed E-state index contributed by atoms with van der Waals surface area (Å²) in [6.07, 6.45) is 6.55. The van der Waals surface area contributed by atoms with Crippen LogP contribution in [0.1, 0.15) is 256 Å². The van der Waals surface area contributed by atoms with E-state index in [0.717, 1.165) is 18.4 Å². The number of aliphatic imine (C=N–C) groups is 4. The van der Waals surface area contributed by atoms with Crippen molar-refractivity contribution in [2.24, 2.45) is 112 Å². The van der Waals surface area contributed by atoms with Gasteiger partial charge in [0.1, 0.15) is 36.3 Å². The first-order chi connectivity index (χ1) is 61.5. The van der Waals surface area contributed by atoms with Crippen LogP contribution in [0.3, 0.4) is 0 Å². The highest BCUT2D eigenvalue weighted by molar-refractivity contribution is 5.89. The maximum absolute atomic E-state index is 12.8. The van der Waals surface area contributed by atoms with Gasteiger partial charge >= 0.3 is 42.0 Å². The molecule has 5 aromatic rings. The van der Waals surface area contributed by atoms with Crippen LogP contribution in [0.25, 0.3) is 0 Å². The van der Waals surface area contributed by atoms with E-state index in [0.29, 0.717) is 84.0 Å². The number of nitrogens with zero attached hydrogens (tertiary/aromatic N) is 14. The number of carboxylic acid groups (broad SMARTS) is 3. The second-order valence-electron chi connectivity index (χ2n) is 29.9. The van der Waals surface area contributed by atoms with Gasteiger partial charge in [-0.15, -0.1) is 0 Å². The third-order valence-electron chi connectivity index (χ3n) is 19.2. The van der Waals surface area contributed by atoms with Gasteiger partial charge in [0, 0.05) is 77.8 Å². The molecule has 6 heterocycles. The fourth-order valence-electron chi connectivity index (χ4n) is 12.5. The molecule has 2 aliphatic heterocycles. The molecule has 0 bridgehead atoms. The summed E-state index contributed by atoms with van der Waals surface area (Å²) in [6, 6.07) is -2.55. The second kappa shape index (κ2) is 56.5. The van der Waals surface area contributed by atoms with Gasteiger partial charge in [-0.2, -0.15) is 19.9 Å². The van der Waals surface area contributed by atoms with E-state index in [9.17, 15) is 72.5 Å². The Morgan fingerprint density at radius 2 is 0.677 bits per heavy atom. The van der Waals surface area contributed by atoms with E-state index in [1.54, 1.807) is 24.3 Å². The minimum absolute atomic E-state index is 0.00314. The largest absolute Gasteiger partial charge is 0.481 e. The maximum Gasteiger partial charge on any atom is 0.326 e. The molecule has 130 heavy (non-hydrogen) atoms. The van der Waals surface area contributed by atoms with Gasteiger partial charge in [0.05, 0.1) is 36.3 Å². The molecule has 0 spiro atoms. The molecule has 12 amide bonds. The number of hydrogen-bond donors (Lipinski definition) is 25. The first-order valence-corrected chi connectivity index (χ1v) is 41.2. The van der Waals surface area contributed by atoms with Crippen molar-refractivity contribution in [1.82, 2.24) is 82.3 Å². The summed E-state index contributed by atoms with van der Waals surface area (Å²) >= 11 is 0. The van der Waals surface area contributed by atoms with E-state index in [4.69, 9.17) is 115 Å². The van der Waals surface area contributed by atoms with E-state index in [-0.39, 0.29) is 178 Å². The summed E-state index contributed by atoms with van der Waals surface area (Å²) < 4.78 is 21.1. The molecule has 0 aliphatic carbocycles. The van der Waals surface area contributed by atoms with Crippen molar-refractivity contribution >= 4 is 101 Å². The molecule has 718 valence electrons. The normalized spacial score (nSPS) is 15.4. The molecule has 56 heteroatoms. The van der Waals surface area contributed by atoms with Crippen LogP contribution in [0.15, 0.2) is 68.4 Å². The van der Waals surface area contributed by atoms with Gasteiger partial charge in [-0.1, -0.05) is 51.0 Å². The highest BCUT2D eigenvalue weighted by Crippen LogP contribution is 2.28. The zero-order valence-electron chi connectivity index (χ0n) is 72.1. The molecule has 0 saturated carbocycles. The van der Waals surface area contributed by atoms with E-state index >= 15 is 0 Å². The number of amides is 12. The number of Topliss-reactive ketones (excluding diaryl/α,β-unsaturated/α-hetero) is 2. The zero-order chi connectivity index (χ0) is 96.7. The average Bonchev–Trinajstić information content (AvgIpc) is 1.69. The number of benzene rings is 1. The molecular formula is C74H122N36O20. The van der Waals surface area contributed by atoms with Gasteiger partial charge in [0.25, 0.3) is 0 Å². The lowest BCUT2D eigenvalue weighted by atomic mass is 10.1. The smallest absolute Gasteiger partial charge is 0.326 e. The Morgan fingerprint density at radius 1 is 0.392 bits per heavy atom. The fourth-order valence-corrected chi connectivity index (χ4v) is 12.5. The van der Waals surface area contributed by atoms with Gasteiger partial charge in [-0.05, 0) is 129 Å². The van der Waals surface area contributed by atoms with Crippen LogP contribution in [0, 0.1) is 0 Å². The number of hydrogen-bond acceptors (Lipinski definition) is 33. The van der Waals surface area contributed by atoms with Crippen molar-refractivity contribution in [2.75, 3.05) is 39.3 Å². The number of carbonyl (C=O) groups is 13. The summed E-state index contributed by atoms with van der Waals surface area (Å²) in [5, 5.41) is 58.5. The Morgan fingerprint density at radius 3 is 0.954 bits per heavy atom. The van der Waals surface area contributed by atoms with Crippen molar-refractivity contribution in [3.05, 3.63) is 82.8 Å². The molecule has 0 radical (unpaired) electrons. The molecule has 2 saturated heterocycles. The number of nitrogens with two attached hydrogens (primary N) is 16. The van der Waals surface area contributed by atoms with Gasteiger partial charge in [0.15, 0.2) is 58.7 Å². The first-order valence-electron chi connectivity index (χ1n) is 41.2. The number of carbonyl (C=O) groups excluding carboxylic acids is 10. The lowest BCUT2D eigenvalue weighted by molar-refractivity contribution is -0.140. The summed E-state index contributed by atoms with van der Waals surface area (Å²) in [4.78, 5) is 188. The number of ketones is 2. The average molecular weight is 1840 g/mol. The van der Waals surface area contributed by atoms with Crippen LogP contribution < -0.4 is 124 Å². The number of urea groups is 4.